The first-order chi connectivity index (χ1) is 14.0. The summed E-state index contributed by atoms with van der Waals surface area (Å²) in [7, 11) is 0. The van der Waals surface area contributed by atoms with Crippen molar-refractivity contribution in [1.82, 2.24) is 4.90 Å². The Labute approximate surface area is 175 Å². The van der Waals surface area contributed by atoms with E-state index in [1.165, 1.54) is 44.1 Å². The number of morpholine rings is 1. The van der Waals surface area contributed by atoms with E-state index in [9.17, 15) is 5.11 Å². The molecule has 4 heteroatoms. The Morgan fingerprint density at radius 3 is 2.10 bits per heavy atom. The molecule has 4 saturated carbocycles. The number of hydrogen-bond donors (Lipinski definition) is 1. The molecule has 4 aliphatic carbocycles. The van der Waals surface area contributed by atoms with Gasteiger partial charge in [0.05, 0.1) is 12.2 Å². The quantitative estimate of drug-likeness (QED) is 0.785. The third kappa shape index (κ3) is 4.22. The second kappa shape index (κ2) is 7.86. The Kier molecular flexibility index (Phi) is 5.38. The molecule has 4 bridgehead atoms. The maximum atomic E-state index is 10.4. The van der Waals surface area contributed by atoms with Gasteiger partial charge in [-0.05, 0) is 93.2 Å². The van der Waals surface area contributed by atoms with Crippen molar-refractivity contribution < 1.29 is 14.6 Å². The zero-order valence-electron chi connectivity index (χ0n) is 18.1. The molecule has 1 aromatic rings. The molecule has 0 aromatic heterocycles. The van der Waals surface area contributed by atoms with E-state index in [1.54, 1.807) is 0 Å². The smallest absolute Gasteiger partial charge is 0.119 e. The lowest BCUT2D eigenvalue weighted by Crippen LogP contribution is -2.48. The maximum Gasteiger partial charge on any atom is 0.119 e. The Balaban J connectivity index is 1.15. The summed E-state index contributed by atoms with van der Waals surface area (Å²) in [4.78, 5) is 2.28. The number of hydrogen-bond acceptors (Lipinski definition) is 4. The lowest BCUT2D eigenvalue weighted by atomic mass is 9.48. The van der Waals surface area contributed by atoms with Gasteiger partial charge in [-0.25, -0.2) is 0 Å². The SMILES string of the molecule is C[C@@H]1CN(C[C@@H](O)COc2ccc(C34CC5CC(CC(C5)C3)C4)cc2)C[C@@H](C)O1. The summed E-state index contributed by atoms with van der Waals surface area (Å²) in [5.41, 5.74) is 1.97. The van der Waals surface area contributed by atoms with E-state index in [1.807, 2.05) is 0 Å². The molecule has 4 nitrogen and oxygen atoms in total. The lowest BCUT2D eigenvalue weighted by molar-refractivity contribution is -0.0786. The van der Waals surface area contributed by atoms with E-state index >= 15 is 0 Å². The van der Waals surface area contributed by atoms with Crippen LogP contribution < -0.4 is 4.74 Å². The first-order valence-corrected chi connectivity index (χ1v) is 11.8. The predicted octanol–water partition coefficient (Wildman–Crippen LogP) is 4.00. The molecule has 1 heterocycles. The van der Waals surface area contributed by atoms with Crippen LogP contribution in [-0.4, -0.2) is 54.6 Å². The van der Waals surface area contributed by atoms with Crippen LogP contribution in [0.15, 0.2) is 24.3 Å². The molecule has 0 radical (unpaired) electrons. The second-order valence-corrected chi connectivity index (χ2v) is 10.7. The fourth-order valence-corrected chi connectivity index (χ4v) is 7.35. The predicted molar refractivity (Wildman–Crippen MR) is 114 cm³/mol. The molecule has 3 atom stereocenters. The van der Waals surface area contributed by atoms with E-state index in [0.717, 1.165) is 36.6 Å². The van der Waals surface area contributed by atoms with Crippen LogP contribution in [0.25, 0.3) is 0 Å². The standard InChI is InChI=1S/C25H37NO3/c1-17-13-26(14-18(2)29-17)15-23(27)16-28-24-5-3-22(4-6-24)25-10-19-7-20(11-25)9-21(8-19)12-25/h3-6,17-21,23,27H,7-16H2,1-2H3/t17-,18-,19?,20?,21?,23-,25?/m1/s1. The van der Waals surface area contributed by atoms with Crippen LogP contribution >= 0.6 is 0 Å². The summed E-state index contributed by atoms with van der Waals surface area (Å²) in [6.45, 7) is 6.93. The van der Waals surface area contributed by atoms with Gasteiger partial charge in [-0.3, -0.25) is 4.90 Å². The molecule has 0 unspecified atom stereocenters. The van der Waals surface area contributed by atoms with Crippen LogP contribution in [0, 0.1) is 17.8 Å². The maximum absolute atomic E-state index is 10.4. The first kappa shape index (κ1) is 19.8. The molecule has 1 saturated heterocycles. The van der Waals surface area contributed by atoms with Crippen LogP contribution in [0.5, 0.6) is 5.75 Å². The fraction of sp³-hybridized carbons (Fsp3) is 0.760. The molecule has 160 valence electrons. The highest BCUT2D eigenvalue weighted by Crippen LogP contribution is 2.60. The summed E-state index contributed by atoms with van der Waals surface area (Å²) in [5, 5.41) is 10.4. The Morgan fingerprint density at radius 1 is 1.00 bits per heavy atom. The van der Waals surface area contributed by atoms with Crippen molar-refractivity contribution in [3.8, 4) is 5.75 Å². The molecule has 5 fully saturated rings. The number of nitrogens with zero attached hydrogens (tertiary/aromatic N) is 1. The van der Waals surface area contributed by atoms with Gasteiger partial charge in [-0.1, -0.05) is 12.1 Å². The summed E-state index contributed by atoms with van der Waals surface area (Å²) in [5.74, 6) is 3.79. The topological polar surface area (TPSA) is 41.9 Å². The summed E-state index contributed by atoms with van der Waals surface area (Å²) in [6.07, 6.45) is 8.62. The van der Waals surface area contributed by atoms with Crippen LogP contribution in [0.3, 0.4) is 0 Å². The zero-order chi connectivity index (χ0) is 20.0. The van der Waals surface area contributed by atoms with E-state index in [0.29, 0.717) is 18.6 Å². The Hall–Kier alpha value is -1.10. The van der Waals surface area contributed by atoms with Gasteiger partial charge in [-0.2, -0.15) is 0 Å². The molecule has 29 heavy (non-hydrogen) atoms. The number of aliphatic hydroxyl groups excluding tert-OH is 1. The summed E-state index contributed by atoms with van der Waals surface area (Å²) < 4.78 is 11.7. The zero-order valence-corrected chi connectivity index (χ0v) is 18.1. The van der Waals surface area contributed by atoms with Crippen molar-refractivity contribution in [2.45, 2.75) is 76.1 Å². The average molecular weight is 400 g/mol. The minimum absolute atomic E-state index is 0.226. The van der Waals surface area contributed by atoms with Gasteiger partial charge in [0.2, 0.25) is 0 Å². The van der Waals surface area contributed by atoms with E-state index in [4.69, 9.17) is 9.47 Å². The van der Waals surface area contributed by atoms with Crippen molar-refractivity contribution in [1.29, 1.82) is 0 Å². The number of β-amino-alcohol motifs (C(OH)–C–C–N with tert-alkyl or cyclic N) is 1. The Morgan fingerprint density at radius 2 is 1.55 bits per heavy atom. The van der Waals surface area contributed by atoms with E-state index < -0.39 is 6.10 Å². The molecule has 6 rings (SSSR count). The van der Waals surface area contributed by atoms with Gasteiger partial charge < -0.3 is 14.6 Å². The van der Waals surface area contributed by atoms with Crippen molar-refractivity contribution in [2.75, 3.05) is 26.2 Å². The highest BCUT2D eigenvalue weighted by Gasteiger charge is 2.51. The summed E-state index contributed by atoms with van der Waals surface area (Å²) >= 11 is 0. The van der Waals surface area contributed by atoms with Crippen molar-refractivity contribution >= 4 is 0 Å². The minimum atomic E-state index is -0.477. The van der Waals surface area contributed by atoms with Crippen LogP contribution in [-0.2, 0) is 10.2 Å². The molecule has 1 N–H and O–H groups in total. The van der Waals surface area contributed by atoms with Gasteiger partial charge in [0.1, 0.15) is 18.5 Å². The van der Waals surface area contributed by atoms with Gasteiger partial charge in [0.25, 0.3) is 0 Å². The van der Waals surface area contributed by atoms with Crippen molar-refractivity contribution in [3.63, 3.8) is 0 Å². The molecule has 5 aliphatic rings. The first-order valence-electron chi connectivity index (χ1n) is 11.8. The molecule has 0 amide bonds. The van der Waals surface area contributed by atoms with Crippen LogP contribution in [0.1, 0.15) is 57.9 Å². The van der Waals surface area contributed by atoms with Gasteiger partial charge in [0.15, 0.2) is 0 Å². The number of ether oxygens (including phenoxy) is 2. The van der Waals surface area contributed by atoms with Gasteiger partial charge in [0, 0.05) is 19.6 Å². The van der Waals surface area contributed by atoms with Crippen molar-refractivity contribution in [2.24, 2.45) is 17.8 Å². The highest BCUT2D eigenvalue weighted by atomic mass is 16.5. The van der Waals surface area contributed by atoms with Gasteiger partial charge >= 0.3 is 0 Å². The number of aliphatic hydroxyl groups is 1. The lowest BCUT2D eigenvalue weighted by Gasteiger charge is -2.57. The van der Waals surface area contributed by atoms with Crippen LogP contribution in [0.2, 0.25) is 0 Å². The fourth-order valence-electron chi connectivity index (χ4n) is 7.35. The number of rotatable bonds is 6. The van der Waals surface area contributed by atoms with E-state index in [2.05, 4.69) is 43.0 Å². The largest absolute Gasteiger partial charge is 0.491 e. The van der Waals surface area contributed by atoms with E-state index in [-0.39, 0.29) is 12.2 Å². The molecular formula is C25H37NO3. The molecule has 0 spiro atoms. The Bertz CT molecular complexity index is 657. The third-order valence-electron chi connectivity index (χ3n) is 7.91. The monoisotopic (exact) mass is 399 g/mol. The molecule has 1 aromatic carbocycles. The highest BCUT2D eigenvalue weighted by molar-refractivity contribution is 5.34. The number of benzene rings is 1. The minimum Gasteiger partial charge on any atom is -0.491 e. The third-order valence-corrected chi connectivity index (χ3v) is 7.91. The summed E-state index contributed by atoms with van der Waals surface area (Å²) in [6, 6.07) is 8.86. The molecule has 1 aliphatic heterocycles. The van der Waals surface area contributed by atoms with Crippen LogP contribution in [0.4, 0.5) is 0 Å². The normalized spacial score (nSPS) is 40.2. The average Bonchev–Trinajstić information content (AvgIpc) is 2.65. The molecular weight excluding hydrogens is 362 g/mol. The second-order valence-electron chi connectivity index (χ2n) is 10.7. The van der Waals surface area contributed by atoms with Crippen molar-refractivity contribution in [3.05, 3.63) is 29.8 Å². The van der Waals surface area contributed by atoms with Gasteiger partial charge in [-0.15, -0.1) is 0 Å².